The van der Waals surface area contributed by atoms with Crippen LogP contribution in [-0.2, 0) is 6.61 Å². The van der Waals surface area contributed by atoms with Gasteiger partial charge < -0.3 is 15.7 Å². The molecular formula is C15H14F2N2O2. The van der Waals surface area contributed by atoms with E-state index in [0.717, 1.165) is 23.8 Å². The van der Waals surface area contributed by atoms with E-state index < -0.39 is 11.6 Å². The lowest BCUT2D eigenvalue weighted by Gasteiger charge is -2.11. The lowest BCUT2D eigenvalue weighted by atomic mass is 10.1. The van der Waals surface area contributed by atoms with E-state index in [9.17, 15) is 8.78 Å². The smallest absolute Gasteiger partial charge is 0.170 e. The molecule has 0 atom stereocenters. The van der Waals surface area contributed by atoms with Crippen LogP contribution in [0.4, 0.5) is 8.78 Å². The molecule has 21 heavy (non-hydrogen) atoms. The molecule has 0 aromatic heterocycles. The van der Waals surface area contributed by atoms with Crippen molar-refractivity contribution >= 4 is 5.84 Å². The number of benzene rings is 2. The maximum absolute atomic E-state index is 13.5. The monoisotopic (exact) mass is 292 g/mol. The molecule has 0 radical (unpaired) electrons. The summed E-state index contributed by atoms with van der Waals surface area (Å²) in [6.45, 7) is 1.68. The van der Waals surface area contributed by atoms with E-state index in [1.165, 1.54) is 0 Å². The fraction of sp³-hybridized carbons (Fsp3) is 0.133. The molecule has 0 aliphatic carbocycles. The first-order valence-corrected chi connectivity index (χ1v) is 6.16. The van der Waals surface area contributed by atoms with Crippen molar-refractivity contribution in [2.24, 2.45) is 10.9 Å². The Morgan fingerprint density at radius 2 is 2.00 bits per heavy atom. The molecule has 0 saturated heterocycles. The predicted molar refractivity (Wildman–Crippen MR) is 74.4 cm³/mol. The summed E-state index contributed by atoms with van der Waals surface area (Å²) >= 11 is 0. The van der Waals surface area contributed by atoms with Crippen molar-refractivity contribution in [3.8, 4) is 5.75 Å². The van der Waals surface area contributed by atoms with E-state index >= 15 is 0 Å². The molecule has 6 heteroatoms. The van der Waals surface area contributed by atoms with E-state index in [-0.39, 0.29) is 18.0 Å². The van der Waals surface area contributed by atoms with Crippen LogP contribution < -0.4 is 10.5 Å². The van der Waals surface area contributed by atoms with Crippen LogP contribution in [0.1, 0.15) is 16.7 Å². The number of amidine groups is 1. The van der Waals surface area contributed by atoms with E-state index in [2.05, 4.69) is 5.16 Å². The Morgan fingerprint density at radius 1 is 1.24 bits per heavy atom. The summed E-state index contributed by atoms with van der Waals surface area (Å²) in [5.74, 6) is -0.682. The van der Waals surface area contributed by atoms with Gasteiger partial charge in [-0.2, -0.15) is 0 Å². The van der Waals surface area contributed by atoms with Crippen LogP contribution in [-0.4, -0.2) is 11.0 Å². The quantitative estimate of drug-likeness (QED) is 0.394. The van der Waals surface area contributed by atoms with E-state index in [1.807, 2.05) is 0 Å². The standard InChI is InChI=1S/C15H14F2N2O2/c1-9-2-3-10(15(18)19-20)7-14(9)21-8-11-6-12(16)4-5-13(11)17/h2-7,20H,8H2,1H3,(H2,18,19). The van der Waals surface area contributed by atoms with Gasteiger partial charge in [0.2, 0.25) is 0 Å². The number of rotatable bonds is 4. The van der Waals surface area contributed by atoms with Crippen molar-refractivity contribution in [3.05, 3.63) is 64.7 Å². The second-order valence-electron chi connectivity index (χ2n) is 4.49. The van der Waals surface area contributed by atoms with Gasteiger partial charge in [0.25, 0.3) is 0 Å². The average molecular weight is 292 g/mol. The van der Waals surface area contributed by atoms with E-state index in [1.54, 1.807) is 25.1 Å². The van der Waals surface area contributed by atoms with Gasteiger partial charge >= 0.3 is 0 Å². The molecule has 4 nitrogen and oxygen atoms in total. The molecule has 0 spiro atoms. The number of ether oxygens (including phenoxy) is 1. The van der Waals surface area contributed by atoms with Crippen molar-refractivity contribution in [1.29, 1.82) is 0 Å². The minimum atomic E-state index is -0.540. The lowest BCUT2D eigenvalue weighted by molar-refractivity contribution is 0.297. The van der Waals surface area contributed by atoms with Crippen LogP contribution in [0.15, 0.2) is 41.6 Å². The van der Waals surface area contributed by atoms with Crippen LogP contribution in [0.5, 0.6) is 5.75 Å². The summed E-state index contributed by atoms with van der Waals surface area (Å²) in [7, 11) is 0. The van der Waals surface area contributed by atoms with Gasteiger partial charge in [-0.3, -0.25) is 0 Å². The molecule has 0 aliphatic heterocycles. The van der Waals surface area contributed by atoms with E-state index in [4.69, 9.17) is 15.7 Å². The Kier molecular flexibility index (Phi) is 4.37. The van der Waals surface area contributed by atoms with Gasteiger partial charge in [0.1, 0.15) is 24.0 Å². The Balaban J connectivity index is 2.21. The lowest BCUT2D eigenvalue weighted by Crippen LogP contribution is -2.13. The van der Waals surface area contributed by atoms with Crippen molar-refractivity contribution in [2.75, 3.05) is 0 Å². The summed E-state index contributed by atoms with van der Waals surface area (Å²) in [6, 6.07) is 8.14. The normalized spacial score (nSPS) is 11.5. The second kappa shape index (κ2) is 6.21. The summed E-state index contributed by atoms with van der Waals surface area (Å²) < 4.78 is 32.1. The molecule has 0 bridgehead atoms. The minimum Gasteiger partial charge on any atom is -0.488 e. The zero-order chi connectivity index (χ0) is 15.4. The third-order valence-electron chi connectivity index (χ3n) is 2.98. The highest BCUT2D eigenvalue weighted by Gasteiger charge is 2.08. The fourth-order valence-corrected chi connectivity index (χ4v) is 1.78. The van der Waals surface area contributed by atoms with Crippen LogP contribution in [0.25, 0.3) is 0 Å². The molecule has 110 valence electrons. The zero-order valence-electron chi connectivity index (χ0n) is 11.3. The Hall–Kier alpha value is -2.63. The van der Waals surface area contributed by atoms with Gasteiger partial charge in [-0.15, -0.1) is 0 Å². The number of aryl methyl sites for hydroxylation is 1. The third kappa shape index (κ3) is 3.47. The molecule has 0 unspecified atom stereocenters. The van der Waals surface area contributed by atoms with Crippen LogP contribution >= 0.6 is 0 Å². The first-order chi connectivity index (χ1) is 10.0. The van der Waals surface area contributed by atoms with Gasteiger partial charge in [0.05, 0.1) is 0 Å². The van der Waals surface area contributed by atoms with Gasteiger partial charge in [0.15, 0.2) is 5.84 Å². The maximum atomic E-state index is 13.5. The van der Waals surface area contributed by atoms with E-state index in [0.29, 0.717) is 11.3 Å². The summed E-state index contributed by atoms with van der Waals surface area (Å²) in [5, 5.41) is 11.6. The molecule has 3 N–H and O–H groups in total. The van der Waals surface area contributed by atoms with Crippen molar-refractivity contribution in [2.45, 2.75) is 13.5 Å². The van der Waals surface area contributed by atoms with Gasteiger partial charge in [-0.05, 0) is 36.8 Å². The molecule has 0 amide bonds. The van der Waals surface area contributed by atoms with Crippen LogP contribution in [0.3, 0.4) is 0 Å². The van der Waals surface area contributed by atoms with Crippen molar-refractivity contribution < 1.29 is 18.7 Å². The van der Waals surface area contributed by atoms with Gasteiger partial charge in [-0.25, -0.2) is 8.78 Å². The number of oxime groups is 1. The highest BCUT2D eigenvalue weighted by atomic mass is 19.1. The summed E-state index contributed by atoms with van der Waals surface area (Å²) in [4.78, 5) is 0. The summed E-state index contributed by atoms with van der Waals surface area (Å²) in [5.41, 5.74) is 6.88. The highest BCUT2D eigenvalue weighted by Crippen LogP contribution is 2.21. The fourth-order valence-electron chi connectivity index (χ4n) is 1.78. The Morgan fingerprint density at radius 3 is 2.71 bits per heavy atom. The molecule has 2 rings (SSSR count). The molecule has 2 aromatic carbocycles. The first-order valence-electron chi connectivity index (χ1n) is 6.16. The number of hydrogen-bond donors (Lipinski definition) is 2. The molecule has 0 fully saturated rings. The topological polar surface area (TPSA) is 67.8 Å². The SMILES string of the molecule is Cc1ccc(/C(N)=N/O)cc1OCc1cc(F)ccc1F. The number of nitrogens with zero attached hydrogens (tertiary/aromatic N) is 1. The molecule has 0 aliphatic rings. The summed E-state index contributed by atoms with van der Waals surface area (Å²) in [6.07, 6.45) is 0. The van der Waals surface area contributed by atoms with Crippen LogP contribution in [0, 0.1) is 18.6 Å². The largest absolute Gasteiger partial charge is 0.488 e. The number of nitrogens with two attached hydrogens (primary N) is 1. The number of hydrogen-bond acceptors (Lipinski definition) is 3. The average Bonchev–Trinajstić information content (AvgIpc) is 2.48. The van der Waals surface area contributed by atoms with Crippen LogP contribution in [0.2, 0.25) is 0 Å². The molecule has 0 heterocycles. The van der Waals surface area contributed by atoms with Gasteiger partial charge in [-0.1, -0.05) is 17.3 Å². The van der Waals surface area contributed by atoms with Crippen molar-refractivity contribution in [1.82, 2.24) is 0 Å². The van der Waals surface area contributed by atoms with Gasteiger partial charge in [0, 0.05) is 11.1 Å². The predicted octanol–water partition coefficient (Wildman–Crippen LogP) is 2.95. The first kappa shape index (κ1) is 14.8. The highest BCUT2D eigenvalue weighted by molar-refractivity contribution is 5.97. The zero-order valence-corrected chi connectivity index (χ0v) is 11.3. The minimum absolute atomic E-state index is 0.0585. The molecular weight excluding hydrogens is 278 g/mol. The maximum Gasteiger partial charge on any atom is 0.170 e. The number of halogens is 2. The third-order valence-corrected chi connectivity index (χ3v) is 2.98. The molecule has 0 saturated carbocycles. The van der Waals surface area contributed by atoms with Crippen molar-refractivity contribution in [3.63, 3.8) is 0 Å². The Labute approximate surface area is 120 Å². The Bertz CT molecular complexity index is 687. The molecule has 2 aromatic rings. The second-order valence-corrected chi connectivity index (χ2v) is 4.49.